The van der Waals surface area contributed by atoms with Crippen molar-refractivity contribution in [3.63, 3.8) is 0 Å². The number of nitrogens with zero attached hydrogens (tertiary/aromatic N) is 5. The predicted molar refractivity (Wildman–Crippen MR) is 182 cm³/mol. The molecule has 0 unspecified atom stereocenters. The smallest absolute Gasteiger partial charge is 0.229 e. The van der Waals surface area contributed by atoms with Crippen LogP contribution in [0.4, 0.5) is 28.8 Å². The SMILES string of the molecule is CCc1cc(Nc2ncc(Br)c(Nc3ccc4c(c3P(C)C)ONO4)n2)c(OC)cc1N1CCC(N2CC(N(C)C)C2)CC1. The van der Waals surface area contributed by atoms with Crippen LogP contribution in [-0.4, -0.2) is 92.6 Å². The summed E-state index contributed by atoms with van der Waals surface area (Å²) in [5.74, 6) is 3.25. The van der Waals surface area contributed by atoms with Gasteiger partial charge in [0.1, 0.15) is 11.6 Å². The van der Waals surface area contributed by atoms with Crippen molar-refractivity contribution in [1.82, 2.24) is 25.4 Å². The molecule has 0 amide bonds. The van der Waals surface area contributed by atoms with Crippen molar-refractivity contribution in [3.05, 3.63) is 40.5 Å². The van der Waals surface area contributed by atoms with Crippen molar-refractivity contribution >= 4 is 58.0 Å². The van der Waals surface area contributed by atoms with Gasteiger partial charge in [0.05, 0.1) is 23.0 Å². The Morgan fingerprint density at radius 2 is 1.89 bits per heavy atom. The quantitative estimate of drug-likeness (QED) is 0.250. The topological polar surface area (TPSA) is 99.3 Å². The van der Waals surface area contributed by atoms with Gasteiger partial charge in [0.15, 0.2) is 5.75 Å². The van der Waals surface area contributed by atoms with Gasteiger partial charge in [-0.2, -0.15) is 4.98 Å². The maximum atomic E-state index is 5.89. The molecule has 2 aromatic carbocycles. The van der Waals surface area contributed by atoms with Crippen LogP contribution in [0.3, 0.4) is 0 Å². The average Bonchev–Trinajstić information content (AvgIpc) is 3.46. The summed E-state index contributed by atoms with van der Waals surface area (Å²) in [5.41, 5.74) is 6.77. The highest BCUT2D eigenvalue weighted by Crippen LogP contribution is 2.42. The first-order chi connectivity index (χ1) is 21.2. The Kier molecular flexibility index (Phi) is 9.35. The molecule has 13 heteroatoms. The lowest BCUT2D eigenvalue weighted by molar-refractivity contribution is 0.0188. The zero-order valence-corrected chi connectivity index (χ0v) is 28.8. The molecular weight excluding hydrogens is 643 g/mol. The summed E-state index contributed by atoms with van der Waals surface area (Å²) in [6, 6.07) is 9.59. The van der Waals surface area contributed by atoms with E-state index in [2.05, 4.69) is 98.4 Å². The first-order valence-corrected chi connectivity index (χ1v) is 18.1. The minimum atomic E-state index is -0.508. The van der Waals surface area contributed by atoms with Gasteiger partial charge in [0, 0.05) is 67.2 Å². The summed E-state index contributed by atoms with van der Waals surface area (Å²) >= 11 is 3.62. The Morgan fingerprint density at radius 1 is 1.11 bits per heavy atom. The summed E-state index contributed by atoms with van der Waals surface area (Å²) in [6.45, 7) is 11.0. The second kappa shape index (κ2) is 13.2. The van der Waals surface area contributed by atoms with E-state index in [1.54, 1.807) is 13.3 Å². The lowest BCUT2D eigenvalue weighted by Crippen LogP contribution is -2.62. The van der Waals surface area contributed by atoms with Crippen molar-refractivity contribution in [3.8, 4) is 17.2 Å². The minimum absolute atomic E-state index is 0.467. The Morgan fingerprint density at radius 3 is 2.57 bits per heavy atom. The van der Waals surface area contributed by atoms with E-state index in [0.29, 0.717) is 35.3 Å². The highest BCUT2D eigenvalue weighted by atomic mass is 79.9. The Labute approximate surface area is 269 Å². The molecular formula is C31H42BrN8O3P. The third-order valence-electron chi connectivity index (χ3n) is 8.81. The third-order valence-corrected chi connectivity index (χ3v) is 10.7. The first-order valence-electron chi connectivity index (χ1n) is 15.1. The summed E-state index contributed by atoms with van der Waals surface area (Å²) in [6.07, 6.45) is 5.04. The number of halogens is 1. The van der Waals surface area contributed by atoms with Crippen molar-refractivity contribution in [1.29, 1.82) is 0 Å². The van der Waals surface area contributed by atoms with E-state index in [0.717, 1.165) is 46.4 Å². The van der Waals surface area contributed by atoms with Gasteiger partial charge in [-0.1, -0.05) is 14.8 Å². The number of aromatic nitrogens is 2. The predicted octanol–water partition coefficient (Wildman–Crippen LogP) is 5.07. The zero-order chi connectivity index (χ0) is 31.0. The van der Waals surface area contributed by atoms with Gasteiger partial charge in [-0.05, 0) is 86.4 Å². The number of piperidine rings is 1. The molecule has 4 heterocycles. The fourth-order valence-corrected chi connectivity index (χ4v) is 7.65. The maximum Gasteiger partial charge on any atom is 0.229 e. The van der Waals surface area contributed by atoms with Crippen LogP contribution >= 0.6 is 23.9 Å². The van der Waals surface area contributed by atoms with Crippen LogP contribution in [0.2, 0.25) is 0 Å². The summed E-state index contributed by atoms with van der Waals surface area (Å²) in [5, 5.41) is 7.96. The summed E-state index contributed by atoms with van der Waals surface area (Å²) in [7, 11) is 5.57. The highest BCUT2D eigenvalue weighted by Gasteiger charge is 2.35. The van der Waals surface area contributed by atoms with E-state index in [1.807, 2.05) is 12.1 Å². The van der Waals surface area contributed by atoms with Crippen molar-refractivity contribution in [2.45, 2.75) is 38.3 Å². The van der Waals surface area contributed by atoms with E-state index in [4.69, 9.17) is 19.4 Å². The Bertz CT molecular complexity index is 1500. The van der Waals surface area contributed by atoms with E-state index in [9.17, 15) is 0 Å². The molecule has 0 bridgehead atoms. The number of ether oxygens (including phenoxy) is 1. The van der Waals surface area contributed by atoms with Crippen molar-refractivity contribution in [2.24, 2.45) is 0 Å². The van der Waals surface area contributed by atoms with E-state index in [1.165, 1.54) is 37.2 Å². The van der Waals surface area contributed by atoms with Crippen LogP contribution in [0.5, 0.6) is 17.2 Å². The number of nitrogens with one attached hydrogen (secondary N) is 3. The molecule has 2 fully saturated rings. The van der Waals surface area contributed by atoms with Crippen LogP contribution in [0.15, 0.2) is 34.9 Å². The van der Waals surface area contributed by atoms with Crippen LogP contribution < -0.4 is 40.9 Å². The molecule has 3 aliphatic heterocycles. The lowest BCUT2D eigenvalue weighted by atomic mass is 9.96. The van der Waals surface area contributed by atoms with E-state index < -0.39 is 7.92 Å². The minimum Gasteiger partial charge on any atom is -0.494 e. The van der Waals surface area contributed by atoms with Crippen LogP contribution in [0.25, 0.3) is 0 Å². The number of anilines is 5. The molecule has 3 N–H and O–H groups in total. The van der Waals surface area contributed by atoms with Gasteiger partial charge in [0.25, 0.3) is 0 Å². The maximum absolute atomic E-state index is 5.89. The van der Waals surface area contributed by atoms with Gasteiger partial charge in [-0.25, -0.2) is 4.98 Å². The molecule has 2 saturated heterocycles. The fraction of sp³-hybridized carbons (Fsp3) is 0.484. The lowest BCUT2D eigenvalue weighted by Gasteiger charge is -2.49. The number of likely N-dealkylation sites (N-methyl/N-ethyl adjacent to an activating group) is 1. The van der Waals surface area contributed by atoms with E-state index >= 15 is 0 Å². The number of rotatable bonds is 10. The second-order valence-corrected chi connectivity index (χ2v) is 15.0. The Hall–Kier alpha value is -2.89. The monoisotopic (exact) mass is 684 g/mol. The standard InChI is InChI=1S/C31H42BrN8O3P/c1-7-19-14-24(27(41-4)15-25(19)39-12-10-20(11-13-39)40-17-21(18-40)38(2)3)35-31-33-16-22(32)30(36-31)34-23-8-9-26-28(43-37-42-26)29(23)44(5)6/h8-9,14-16,20-21,37H,7,10-13,17-18H2,1-6H3,(H2,33,34,35,36). The number of hydrogen-bond acceptors (Lipinski definition) is 11. The van der Waals surface area contributed by atoms with Gasteiger partial charge in [-0.15, -0.1) is 0 Å². The van der Waals surface area contributed by atoms with Gasteiger partial charge in [-0.3, -0.25) is 4.90 Å². The Balaban J connectivity index is 1.19. The second-order valence-electron chi connectivity index (χ2n) is 11.9. The largest absolute Gasteiger partial charge is 0.494 e. The molecule has 0 radical (unpaired) electrons. The van der Waals surface area contributed by atoms with Gasteiger partial charge < -0.3 is 34.8 Å². The molecule has 44 heavy (non-hydrogen) atoms. The molecule has 236 valence electrons. The number of aryl methyl sites for hydroxylation is 1. The number of hydrogen-bond donors (Lipinski definition) is 3. The van der Waals surface area contributed by atoms with Crippen molar-refractivity contribution in [2.75, 3.05) is 76.2 Å². The summed E-state index contributed by atoms with van der Waals surface area (Å²) in [4.78, 5) is 27.8. The normalized spacial score (nSPS) is 17.3. The fourth-order valence-electron chi connectivity index (χ4n) is 6.19. The zero-order valence-electron chi connectivity index (χ0n) is 26.3. The highest BCUT2D eigenvalue weighted by molar-refractivity contribution is 9.10. The molecule has 0 atom stereocenters. The average molecular weight is 686 g/mol. The van der Waals surface area contributed by atoms with E-state index in [-0.39, 0.29) is 0 Å². The molecule has 0 saturated carbocycles. The molecule has 0 spiro atoms. The van der Waals surface area contributed by atoms with Crippen LogP contribution in [0.1, 0.15) is 25.3 Å². The third kappa shape index (κ3) is 6.28. The number of likely N-dealkylation sites (tertiary alicyclic amines) is 1. The molecule has 3 aromatic rings. The molecule has 0 aliphatic carbocycles. The number of methoxy groups -OCH3 is 1. The van der Waals surface area contributed by atoms with Crippen molar-refractivity contribution < 1.29 is 14.4 Å². The molecule has 1 aromatic heterocycles. The molecule has 6 rings (SSSR count). The molecule has 11 nitrogen and oxygen atoms in total. The molecule has 3 aliphatic rings. The van der Waals surface area contributed by atoms with Crippen LogP contribution in [-0.2, 0) is 6.42 Å². The summed E-state index contributed by atoms with van der Waals surface area (Å²) < 4.78 is 6.64. The number of fused-ring (bicyclic) bond motifs is 1. The van der Waals surface area contributed by atoms with Crippen LogP contribution in [0, 0.1) is 0 Å². The first kappa shape index (κ1) is 31.1. The number of benzene rings is 2. The van der Waals surface area contributed by atoms with Gasteiger partial charge >= 0.3 is 0 Å². The van der Waals surface area contributed by atoms with Gasteiger partial charge in [0.2, 0.25) is 11.7 Å².